The highest BCUT2D eigenvalue weighted by Crippen LogP contribution is 2.32. The van der Waals surface area contributed by atoms with Gasteiger partial charge < -0.3 is 10.4 Å². The topological polar surface area (TPSA) is 78.0 Å². The van der Waals surface area contributed by atoms with Crippen LogP contribution in [0.4, 0.5) is 10.1 Å². The average molecular weight is 325 g/mol. The lowest BCUT2D eigenvalue weighted by Gasteiger charge is -2.06. The van der Waals surface area contributed by atoms with Crippen molar-refractivity contribution in [1.29, 1.82) is 0 Å². The Morgan fingerprint density at radius 3 is 2.58 bits per heavy atom. The molecule has 3 rings (SSSR count). The second-order valence-electron chi connectivity index (χ2n) is 5.61. The zero-order chi connectivity index (χ0) is 17.3. The van der Waals surface area contributed by atoms with Crippen LogP contribution in [0, 0.1) is 19.7 Å². The van der Waals surface area contributed by atoms with Gasteiger partial charge in [0.05, 0.1) is 5.69 Å². The van der Waals surface area contributed by atoms with Crippen molar-refractivity contribution in [3.8, 4) is 17.0 Å². The van der Waals surface area contributed by atoms with Gasteiger partial charge in [0.25, 0.3) is 5.91 Å². The fourth-order valence-electron chi connectivity index (χ4n) is 2.46. The number of carbonyl (C=O) groups is 1. The molecule has 122 valence electrons. The number of carbonyl (C=O) groups excluding carboxylic acids is 1. The first-order valence-electron chi connectivity index (χ1n) is 7.37. The highest BCUT2D eigenvalue weighted by molar-refractivity contribution is 6.03. The van der Waals surface area contributed by atoms with Crippen molar-refractivity contribution in [1.82, 2.24) is 10.2 Å². The van der Waals surface area contributed by atoms with Crippen molar-refractivity contribution in [3.05, 3.63) is 65.1 Å². The lowest BCUT2D eigenvalue weighted by molar-refractivity contribution is 0.102. The normalized spacial score (nSPS) is 10.6. The number of halogens is 1. The number of nitrogens with zero attached hydrogens (tertiary/aromatic N) is 1. The third-order valence-electron chi connectivity index (χ3n) is 3.65. The standard InChI is InChI=1S/C18H16FN3O2/c1-10-7-11(2)17(23)14(8-10)15-9-16(22-21-15)18(24)20-13-5-3-12(19)4-6-13/h3-9,23H,1-2H3,(H,20,24)(H,21,22). The summed E-state index contributed by atoms with van der Waals surface area (Å²) >= 11 is 0. The number of H-pyrrole nitrogens is 1. The zero-order valence-corrected chi connectivity index (χ0v) is 13.2. The Labute approximate surface area is 138 Å². The molecule has 0 spiro atoms. The molecule has 24 heavy (non-hydrogen) atoms. The van der Waals surface area contributed by atoms with Gasteiger partial charge in [0.1, 0.15) is 17.3 Å². The van der Waals surface area contributed by atoms with Crippen molar-refractivity contribution < 1.29 is 14.3 Å². The number of aromatic hydroxyl groups is 1. The molecule has 0 saturated carbocycles. The van der Waals surface area contributed by atoms with E-state index in [1.165, 1.54) is 24.3 Å². The lowest BCUT2D eigenvalue weighted by atomic mass is 10.0. The molecule has 0 atom stereocenters. The molecule has 1 heterocycles. The quantitative estimate of drug-likeness (QED) is 0.685. The molecule has 0 aliphatic rings. The van der Waals surface area contributed by atoms with Gasteiger partial charge in [-0.3, -0.25) is 9.89 Å². The van der Waals surface area contributed by atoms with Crippen molar-refractivity contribution in [2.45, 2.75) is 13.8 Å². The summed E-state index contributed by atoms with van der Waals surface area (Å²) in [4.78, 5) is 12.2. The number of hydrogen-bond donors (Lipinski definition) is 3. The molecular weight excluding hydrogens is 309 g/mol. The molecule has 6 heteroatoms. The fourth-order valence-corrected chi connectivity index (χ4v) is 2.46. The van der Waals surface area contributed by atoms with E-state index in [1.54, 1.807) is 19.1 Å². The van der Waals surface area contributed by atoms with E-state index in [0.29, 0.717) is 16.9 Å². The van der Waals surface area contributed by atoms with Crippen LogP contribution in [0.15, 0.2) is 42.5 Å². The van der Waals surface area contributed by atoms with Crippen LogP contribution in [0.2, 0.25) is 0 Å². The van der Waals surface area contributed by atoms with Crippen LogP contribution in [0.5, 0.6) is 5.75 Å². The number of phenolic OH excluding ortho intramolecular Hbond substituents is 1. The first-order chi connectivity index (χ1) is 11.4. The maximum Gasteiger partial charge on any atom is 0.273 e. The van der Waals surface area contributed by atoms with E-state index >= 15 is 0 Å². The van der Waals surface area contributed by atoms with Gasteiger partial charge in [-0.05, 0) is 61.4 Å². The number of nitrogens with one attached hydrogen (secondary N) is 2. The molecular formula is C18H16FN3O2. The lowest BCUT2D eigenvalue weighted by Crippen LogP contribution is -2.12. The second-order valence-corrected chi connectivity index (χ2v) is 5.61. The first kappa shape index (κ1) is 15.7. The van der Waals surface area contributed by atoms with Gasteiger partial charge in [-0.2, -0.15) is 5.10 Å². The molecule has 1 amide bonds. The summed E-state index contributed by atoms with van der Waals surface area (Å²) in [5.74, 6) is -0.635. The predicted molar refractivity (Wildman–Crippen MR) is 89.5 cm³/mol. The monoisotopic (exact) mass is 325 g/mol. The highest BCUT2D eigenvalue weighted by atomic mass is 19.1. The molecule has 0 aliphatic carbocycles. The number of anilines is 1. The van der Waals surface area contributed by atoms with Crippen molar-refractivity contribution in [2.24, 2.45) is 0 Å². The van der Waals surface area contributed by atoms with Gasteiger partial charge in [-0.1, -0.05) is 6.07 Å². The third-order valence-corrected chi connectivity index (χ3v) is 3.65. The van der Waals surface area contributed by atoms with E-state index < -0.39 is 5.91 Å². The minimum absolute atomic E-state index is 0.137. The molecule has 2 aromatic carbocycles. The molecule has 1 aromatic heterocycles. The molecule has 0 unspecified atom stereocenters. The Balaban J connectivity index is 1.85. The summed E-state index contributed by atoms with van der Waals surface area (Å²) in [6, 6.07) is 10.7. The van der Waals surface area contributed by atoms with E-state index in [0.717, 1.165) is 11.1 Å². The molecule has 0 fully saturated rings. The Morgan fingerprint density at radius 2 is 1.88 bits per heavy atom. The average Bonchev–Trinajstić information content (AvgIpc) is 3.03. The van der Waals surface area contributed by atoms with Gasteiger partial charge in [0.2, 0.25) is 0 Å². The van der Waals surface area contributed by atoms with Crippen LogP contribution in [-0.2, 0) is 0 Å². The Bertz CT molecular complexity index is 901. The minimum atomic E-state index is -0.399. The largest absolute Gasteiger partial charge is 0.507 e. The van der Waals surface area contributed by atoms with E-state index in [2.05, 4.69) is 15.5 Å². The first-order valence-corrected chi connectivity index (χ1v) is 7.37. The SMILES string of the molecule is Cc1cc(C)c(O)c(-c2cc(C(=O)Nc3ccc(F)cc3)[nH]n2)c1. The Morgan fingerprint density at radius 1 is 1.17 bits per heavy atom. The summed E-state index contributed by atoms with van der Waals surface area (Å²) in [6.07, 6.45) is 0. The number of aryl methyl sites for hydroxylation is 2. The number of hydrogen-bond acceptors (Lipinski definition) is 3. The van der Waals surface area contributed by atoms with Crippen molar-refractivity contribution >= 4 is 11.6 Å². The predicted octanol–water partition coefficient (Wildman–Crippen LogP) is 3.79. The number of aromatic nitrogens is 2. The van der Waals surface area contributed by atoms with Crippen LogP contribution >= 0.6 is 0 Å². The summed E-state index contributed by atoms with van der Waals surface area (Å²) in [5, 5.41) is 19.6. The van der Waals surface area contributed by atoms with Crippen LogP contribution in [0.1, 0.15) is 21.6 Å². The van der Waals surface area contributed by atoms with Crippen LogP contribution in [0.25, 0.3) is 11.3 Å². The summed E-state index contributed by atoms with van der Waals surface area (Å²) in [7, 11) is 0. The fraction of sp³-hybridized carbons (Fsp3) is 0.111. The second kappa shape index (κ2) is 6.16. The highest BCUT2D eigenvalue weighted by Gasteiger charge is 2.15. The molecule has 3 N–H and O–H groups in total. The van der Waals surface area contributed by atoms with Crippen LogP contribution in [-0.4, -0.2) is 21.2 Å². The molecule has 3 aromatic rings. The molecule has 0 bridgehead atoms. The molecule has 5 nitrogen and oxygen atoms in total. The van der Waals surface area contributed by atoms with Gasteiger partial charge in [-0.25, -0.2) is 4.39 Å². The maximum atomic E-state index is 12.9. The molecule has 0 saturated heterocycles. The molecule has 0 radical (unpaired) electrons. The number of amides is 1. The third kappa shape index (κ3) is 3.12. The van der Waals surface area contributed by atoms with Crippen molar-refractivity contribution in [3.63, 3.8) is 0 Å². The maximum absolute atomic E-state index is 12.9. The van der Waals surface area contributed by atoms with Gasteiger partial charge in [0, 0.05) is 11.3 Å². The van der Waals surface area contributed by atoms with Crippen molar-refractivity contribution in [2.75, 3.05) is 5.32 Å². The van der Waals surface area contributed by atoms with E-state index in [-0.39, 0.29) is 17.3 Å². The summed E-state index contributed by atoms with van der Waals surface area (Å²) in [5.41, 5.74) is 3.48. The smallest absolute Gasteiger partial charge is 0.273 e. The van der Waals surface area contributed by atoms with Gasteiger partial charge in [-0.15, -0.1) is 0 Å². The Kier molecular flexibility index (Phi) is 4.04. The number of aromatic amines is 1. The number of rotatable bonds is 3. The van der Waals surface area contributed by atoms with Crippen LogP contribution < -0.4 is 5.32 Å². The van der Waals surface area contributed by atoms with E-state index in [4.69, 9.17) is 0 Å². The van der Waals surface area contributed by atoms with Gasteiger partial charge in [0.15, 0.2) is 0 Å². The number of phenols is 1. The summed E-state index contributed by atoms with van der Waals surface area (Å²) < 4.78 is 12.9. The van der Waals surface area contributed by atoms with E-state index in [9.17, 15) is 14.3 Å². The zero-order valence-electron chi connectivity index (χ0n) is 13.2. The number of benzene rings is 2. The molecule has 0 aliphatic heterocycles. The minimum Gasteiger partial charge on any atom is -0.507 e. The van der Waals surface area contributed by atoms with Gasteiger partial charge >= 0.3 is 0 Å². The summed E-state index contributed by atoms with van der Waals surface area (Å²) in [6.45, 7) is 3.73. The van der Waals surface area contributed by atoms with Crippen LogP contribution in [0.3, 0.4) is 0 Å². The Hall–Kier alpha value is -3.15. The van der Waals surface area contributed by atoms with E-state index in [1.807, 2.05) is 13.0 Å².